The molecule has 0 aliphatic carbocycles. The van der Waals surface area contributed by atoms with E-state index in [0.29, 0.717) is 0 Å². The first-order valence-electron chi connectivity index (χ1n) is 18.0. The maximum absolute atomic E-state index is 5.19. The summed E-state index contributed by atoms with van der Waals surface area (Å²) in [4.78, 5) is 10.2. The number of benzene rings is 7. The maximum Gasteiger partial charge on any atom is 0.146 e. The minimum atomic E-state index is 0.886. The van der Waals surface area contributed by atoms with E-state index in [9.17, 15) is 0 Å². The van der Waals surface area contributed by atoms with Gasteiger partial charge >= 0.3 is 0 Å². The molecule has 0 N–H and O–H groups in total. The van der Waals surface area contributed by atoms with Gasteiger partial charge < -0.3 is 4.57 Å². The SMILES string of the molecule is c1ccc(-n2c3ccccc3c3cc(-c4ccnc(-n5c6ccccc6c6c7c8ccccc8n8c9ccccc9nc8c7ccc65)c4)ccc32)cc1. The summed E-state index contributed by atoms with van der Waals surface area (Å²) >= 11 is 0. The highest BCUT2D eigenvalue weighted by atomic mass is 15.1. The van der Waals surface area contributed by atoms with E-state index in [-0.39, 0.29) is 0 Å². The van der Waals surface area contributed by atoms with Crippen molar-refractivity contribution in [2.24, 2.45) is 0 Å². The quantitative estimate of drug-likeness (QED) is 0.175. The zero-order valence-corrected chi connectivity index (χ0v) is 28.5. The van der Waals surface area contributed by atoms with Crippen LogP contribution in [0, 0.1) is 0 Å². The molecule has 0 radical (unpaired) electrons. The average Bonchev–Trinajstić information content (AvgIpc) is 3.89. The fourth-order valence-electron chi connectivity index (χ4n) is 8.83. The molecule has 5 heterocycles. The van der Waals surface area contributed by atoms with Crippen LogP contribution in [0.4, 0.5) is 0 Å². The second-order valence-corrected chi connectivity index (χ2v) is 13.8. The van der Waals surface area contributed by atoms with Crippen molar-refractivity contribution in [1.82, 2.24) is 23.5 Å². The summed E-state index contributed by atoms with van der Waals surface area (Å²) in [5, 5.41) is 8.44. The number of fused-ring (bicyclic) bond motifs is 15. The zero-order chi connectivity index (χ0) is 34.6. The van der Waals surface area contributed by atoms with Crippen LogP contribution in [0.25, 0.3) is 105 Å². The summed E-state index contributed by atoms with van der Waals surface area (Å²) in [6, 6.07) is 60.9. The summed E-state index contributed by atoms with van der Waals surface area (Å²) in [7, 11) is 0. The highest BCUT2D eigenvalue weighted by Crippen LogP contribution is 2.42. The lowest BCUT2D eigenvalue weighted by Crippen LogP contribution is -1.98. The molecule has 0 saturated carbocycles. The van der Waals surface area contributed by atoms with Crippen molar-refractivity contribution in [3.05, 3.63) is 176 Å². The number of imidazole rings is 1. The summed E-state index contributed by atoms with van der Waals surface area (Å²) in [6.45, 7) is 0. The minimum absolute atomic E-state index is 0.886. The molecule has 12 rings (SSSR count). The molecule has 0 amide bonds. The van der Waals surface area contributed by atoms with Gasteiger partial charge in [-0.15, -0.1) is 0 Å². The van der Waals surface area contributed by atoms with Crippen molar-refractivity contribution in [3.63, 3.8) is 0 Å². The van der Waals surface area contributed by atoms with E-state index in [0.717, 1.165) is 61.2 Å². The Kier molecular flexibility index (Phi) is 5.71. The Morgan fingerprint density at radius 1 is 0.377 bits per heavy atom. The van der Waals surface area contributed by atoms with E-state index in [4.69, 9.17) is 9.97 Å². The molecular weight excluding hydrogens is 647 g/mol. The van der Waals surface area contributed by atoms with Gasteiger partial charge in [0.2, 0.25) is 0 Å². The van der Waals surface area contributed by atoms with Gasteiger partial charge in [0.25, 0.3) is 0 Å². The molecule has 0 saturated heterocycles. The molecule has 0 spiro atoms. The largest absolute Gasteiger partial charge is 0.309 e. The van der Waals surface area contributed by atoms with E-state index in [1.807, 2.05) is 6.20 Å². The monoisotopic (exact) mass is 675 g/mol. The van der Waals surface area contributed by atoms with Crippen LogP contribution in [-0.4, -0.2) is 23.5 Å². The third-order valence-corrected chi connectivity index (χ3v) is 11.0. The second-order valence-electron chi connectivity index (χ2n) is 13.8. The third kappa shape index (κ3) is 3.91. The molecule has 12 aromatic rings. The van der Waals surface area contributed by atoms with Crippen LogP contribution in [0.5, 0.6) is 0 Å². The van der Waals surface area contributed by atoms with Gasteiger partial charge in [-0.25, -0.2) is 9.97 Å². The Labute approximate surface area is 303 Å². The van der Waals surface area contributed by atoms with E-state index in [1.165, 1.54) is 43.4 Å². The summed E-state index contributed by atoms with van der Waals surface area (Å²) < 4.78 is 7.00. The number of rotatable bonds is 3. The van der Waals surface area contributed by atoms with Crippen molar-refractivity contribution in [3.8, 4) is 22.6 Å². The minimum Gasteiger partial charge on any atom is -0.309 e. The molecule has 0 bridgehead atoms. The van der Waals surface area contributed by atoms with Gasteiger partial charge in [-0.05, 0) is 90.0 Å². The van der Waals surface area contributed by atoms with Crippen LogP contribution >= 0.6 is 0 Å². The van der Waals surface area contributed by atoms with Crippen molar-refractivity contribution in [1.29, 1.82) is 0 Å². The van der Waals surface area contributed by atoms with E-state index >= 15 is 0 Å². The van der Waals surface area contributed by atoms with Crippen LogP contribution in [0.1, 0.15) is 0 Å². The Bertz CT molecular complexity index is 3460. The second kappa shape index (κ2) is 10.6. The van der Waals surface area contributed by atoms with Gasteiger partial charge in [0, 0.05) is 49.6 Å². The lowest BCUT2D eigenvalue weighted by Gasteiger charge is -2.12. The lowest BCUT2D eigenvalue weighted by atomic mass is 10.00. The molecule has 7 aromatic carbocycles. The first-order valence-corrected chi connectivity index (χ1v) is 18.0. The number of pyridine rings is 2. The van der Waals surface area contributed by atoms with Crippen LogP contribution in [0.3, 0.4) is 0 Å². The molecule has 0 aliphatic rings. The number of hydrogen-bond acceptors (Lipinski definition) is 2. The standard InChI is InChI=1S/C48H29N5/c1-2-12-32(13-3-1)51-39-18-8-4-14-33(39)37-28-30(22-24-42(37)51)31-26-27-49-45(29-31)52-40-19-9-6-16-35(40)47-44(52)25-23-36-46(47)34-15-5-10-20-41(34)53-43-21-11-7-17-38(43)50-48(36)53/h1-29H. The average molecular weight is 676 g/mol. The van der Waals surface area contributed by atoms with Crippen LogP contribution in [0.2, 0.25) is 0 Å². The fraction of sp³-hybridized carbons (Fsp3) is 0. The number of para-hydroxylation sites is 6. The molecule has 0 unspecified atom stereocenters. The first kappa shape index (κ1) is 28.5. The predicted octanol–water partition coefficient (Wildman–Crippen LogP) is 12.1. The topological polar surface area (TPSA) is 40.0 Å². The van der Waals surface area contributed by atoms with Crippen molar-refractivity contribution >= 4 is 82.0 Å². The van der Waals surface area contributed by atoms with Gasteiger partial charge in [0.05, 0.1) is 38.6 Å². The summed E-state index contributed by atoms with van der Waals surface area (Å²) in [6.07, 6.45) is 1.94. The van der Waals surface area contributed by atoms with Gasteiger partial charge in [-0.3, -0.25) is 8.97 Å². The summed E-state index contributed by atoms with van der Waals surface area (Å²) in [5.41, 5.74) is 12.3. The molecule has 5 aromatic heterocycles. The molecule has 5 nitrogen and oxygen atoms in total. The molecule has 53 heavy (non-hydrogen) atoms. The highest BCUT2D eigenvalue weighted by molar-refractivity contribution is 6.30. The van der Waals surface area contributed by atoms with Crippen LogP contribution in [0.15, 0.2) is 176 Å². The summed E-state index contributed by atoms with van der Waals surface area (Å²) in [5.74, 6) is 0.886. The zero-order valence-electron chi connectivity index (χ0n) is 28.5. The maximum atomic E-state index is 5.19. The molecular formula is C48H29N5. The molecule has 0 atom stereocenters. The first-order chi connectivity index (χ1) is 26.3. The third-order valence-electron chi connectivity index (χ3n) is 11.0. The van der Waals surface area contributed by atoms with Gasteiger partial charge in [0.1, 0.15) is 11.5 Å². The van der Waals surface area contributed by atoms with Gasteiger partial charge in [-0.2, -0.15) is 0 Å². The van der Waals surface area contributed by atoms with Crippen molar-refractivity contribution in [2.45, 2.75) is 0 Å². The van der Waals surface area contributed by atoms with E-state index in [1.54, 1.807) is 0 Å². The van der Waals surface area contributed by atoms with E-state index < -0.39 is 0 Å². The van der Waals surface area contributed by atoms with Gasteiger partial charge in [-0.1, -0.05) is 91.0 Å². The van der Waals surface area contributed by atoms with Crippen LogP contribution < -0.4 is 0 Å². The molecule has 0 fully saturated rings. The van der Waals surface area contributed by atoms with Crippen molar-refractivity contribution < 1.29 is 0 Å². The van der Waals surface area contributed by atoms with E-state index in [2.05, 4.69) is 183 Å². The van der Waals surface area contributed by atoms with Gasteiger partial charge in [0.15, 0.2) is 0 Å². The Morgan fingerprint density at radius 3 is 1.83 bits per heavy atom. The van der Waals surface area contributed by atoms with Crippen LogP contribution in [-0.2, 0) is 0 Å². The number of hydrogen-bond donors (Lipinski definition) is 0. The Morgan fingerprint density at radius 2 is 1.00 bits per heavy atom. The molecule has 246 valence electrons. The Hall–Kier alpha value is -7.24. The molecule has 0 aliphatic heterocycles. The lowest BCUT2D eigenvalue weighted by molar-refractivity contribution is 1.08. The predicted molar refractivity (Wildman–Crippen MR) is 220 cm³/mol. The fourth-order valence-corrected chi connectivity index (χ4v) is 8.83. The highest BCUT2D eigenvalue weighted by Gasteiger charge is 2.21. The molecule has 5 heteroatoms. The smallest absolute Gasteiger partial charge is 0.146 e. The normalized spacial score (nSPS) is 12.2. The number of aromatic nitrogens is 5. The van der Waals surface area contributed by atoms with Crippen molar-refractivity contribution in [2.75, 3.05) is 0 Å². The Balaban J connectivity index is 1.11. The number of nitrogens with zero attached hydrogens (tertiary/aromatic N) is 5.